The van der Waals surface area contributed by atoms with Gasteiger partial charge < -0.3 is 10.1 Å². The van der Waals surface area contributed by atoms with Crippen molar-refractivity contribution in [2.45, 2.75) is 13.3 Å². The van der Waals surface area contributed by atoms with Gasteiger partial charge in [-0.2, -0.15) is 12.6 Å². The molecule has 0 spiro atoms. The second-order valence-electron chi connectivity index (χ2n) is 4.29. The molecule has 2 aromatic rings. The molecule has 0 aliphatic carbocycles. The molecule has 1 heterocycles. The first-order valence-corrected chi connectivity index (χ1v) is 6.91. The van der Waals surface area contributed by atoms with Crippen molar-refractivity contribution >= 4 is 24.2 Å². The summed E-state index contributed by atoms with van der Waals surface area (Å²) in [5.74, 6) is 1.98. The van der Waals surface area contributed by atoms with Crippen molar-refractivity contribution in [3.63, 3.8) is 0 Å². The number of carbonyl (C=O) groups excluding carboxylic acids is 1. The van der Waals surface area contributed by atoms with Crippen LogP contribution in [0.3, 0.4) is 0 Å². The quantitative estimate of drug-likeness (QED) is 0.829. The van der Waals surface area contributed by atoms with Gasteiger partial charge >= 0.3 is 0 Å². The highest BCUT2D eigenvalue weighted by molar-refractivity contribution is 7.80. The predicted molar refractivity (Wildman–Crippen MR) is 82.6 cm³/mol. The number of amides is 1. The molecule has 4 nitrogen and oxygen atoms in total. The summed E-state index contributed by atoms with van der Waals surface area (Å²) in [4.78, 5) is 15.4. The number of rotatable bonds is 5. The van der Waals surface area contributed by atoms with Crippen LogP contribution < -0.4 is 10.1 Å². The number of aryl methyl sites for hydroxylation is 1. The molecule has 0 unspecified atom stereocenters. The van der Waals surface area contributed by atoms with E-state index in [0.29, 0.717) is 12.2 Å². The molecule has 0 radical (unpaired) electrons. The Labute approximate surface area is 123 Å². The Morgan fingerprint density at radius 1 is 1.30 bits per heavy atom. The topological polar surface area (TPSA) is 51.2 Å². The van der Waals surface area contributed by atoms with Gasteiger partial charge in [-0.15, -0.1) is 0 Å². The van der Waals surface area contributed by atoms with Crippen LogP contribution in [-0.4, -0.2) is 16.6 Å². The van der Waals surface area contributed by atoms with Crippen molar-refractivity contribution in [3.05, 3.63) is 48.3 Å². The predicted octanol–water partition coefficient (Wildman–Crippen LogP) is 3.44. The Bertz CT molecular complexity index is 588. The minimum Gasteiger partial charge on any atom is -0.457 e. The van der Waals surface area contributed by atoms with Gasteiger partial charge in [0, 0.05) is 24.5 Å². The fourth-order valence-corrected chi connectivity index (χ4v) is 1.90. The molecule has 0 aliphatic rings. The van der Waals surface area contributed by atoms with E-state index in [-0.39, 0.29) is 5.91 Å². The average Bonchev–Trinajstić information content (AvgIpc) is 2.43. The molecule has 0 atom stereocenters. The van der Waals surface area contributed by atoms with Crippen molar-refractivity contribution in [2.24, 2.45) is 0 Å². The van der Waals surface area contributed by atoms with E-state index in [0.717, 1.165) is 22.7 Å². The second kappa shape index (κ2) is 6.96. The first-order valence-electron chi connectivity index (χ1n) is 6.28. The molecule has 2 rings (SSSR count). The Kier molecular flexibility index (Phi) is 5.01. The van der Waals surface area contributed by atoms with Crippen LogP contribution in [0.2, 0.25) is 0 Å². The number of thiol groups is 1. The lowest BCUT2D eigenvalue weighted by Gasteiger charge is -2.11. The molecule has 0 saturated carbocycles. The molecule has 0 bridgehead atoms. The molecule has 1 N–H and O–H groups in total. The Hall–Kier alpha value is -2.01. The Morgan fingerprint density at radius 3 is 2.70 bits per heavy atom. The maximum absolute atomic E-state index is 11.5. The molecule has 1 aromatic heterocycles. The van der Waals surface area contributed by atoms with Crippen molar-refractivity contribution in [1.29, 1.82) is 0 Å². The molecule has 20 heavy (non-hydrogen) atoms. The SMILES string of the molecule is Cc1cc(NC(=O)CCS)ccc1Oc1ccncc1. The first kappa shape index (κ1) is 14.4. The number of hydrogen-bond acceptors (Lipinski definition) is 4. The number of pyridine rings is 1. The van der Waals surface area contributed by atoms with Crippen LogP contribution in [0.5, 0.6) is 11.5 Å². The normalized spacial score (nSPS) is 10.1. The van der Waals surface area contributed by atoms with Gasteiger partial charge in [0.1, 0.15) is 11.5 Å². The van der Waals surface area contributed by atoms with E-state index in [4.69, 9.17) is 4.74 Å². The van der Waals surface area contributed by atoms with Crippen molar-refractivity contribution < 1.29 is 9.53 Å². The number of ether oxygens (including phenoxy) is 1. The maximum Gasteiger partial charge on any atom is 0.225 e. The minimum absolute atomic E-state index is 0.0396. The number of nitrogens with one attached hydrogen (secondary N) is 1. The van der Waals surface area contributed by atoms with Crippen molar-refractivity contribution in [2.75, 3.05) is 11.1 Å². The van der Waals surface area contributed by atoms with Crippen LogP contribution in [0.1, 0.15) is 12.0 Å². The average molecular weight is 288 g/mol. The van der Waals surface area contributed by atoms with E-state index >= 15 is 0 Å². The lowest BCUT2D eigenvalue weighted by Crippen LogP contribution is -2.11. The van der Waals surface area contributed by atoms with Gasteiger partial charge in [-0.25, -0.2) is 0 Å². The molecule has 5 heteroatoms. The number of aromatic nitrogens is 1. The number of benzene rings is 1. The Morgan fingerprint density at radius 2 is 2.05 bits per heavy atom. The number of carbonyl (C=O) groups is 1. The molecule has 104 valence electrons. The molecule has 0 fully saturated rings. The van der Waals surface area contributed by atoms with Crippen molar-refractivity contribution in [1.82, 2.24) is 4.98 Å². The zero-order valence-corrected chi connectivity index (χ0v) is 12.1. The molecule has 1 aromatic carbocycles. The van der Waals surface area contributed by atoms with Crippen LogP contribution >= 0.6 is 12.6 Å². The highest BCUT2D eigenvalue weighted by Gasteiger charge is 2.05. The van der Waals surface area contributed by atoms with Gasteiger partial charge in [0.15, 0.2) is 0 Å². The third kappa shape index (κ3) is 3.99. The van der Waals surface area contributed by atoms with Crippen LogP contribution in [0.25, 0.3) is 0 Å². The van der Waals surface area contributed by atoms with E-state index in [1.165, 1.54) is 0 Å². The van der Waals surface area contributed by atoms with Gasteiger partial charge in [-0.1, -0.05) is 0 Å². The van der Waals surface area contributed by atoms with Gasteiger partial charge in [0.25, 0.3) is 0 Å². The minimum atomic E-state index is -0.0396. The highest BCUT2D eigenvalue weighted by Crippen LogP contribution is 2.26. The first-order chi connectivity index (χ1) is 9.69. The van der Waals surface area contributed by atoms with Crippen LogP contribution in [0.4, 0.5) is 5.69 Å². The molecular weight excluding hydrogens is 272 g/mol. The lowest BCUT2D eigenvalue weighted by atomic mass is 10.2. The summed E-state index contributed by atoms with van der Waals surface area (Å²) in [5.41, 5.74) is 1.71. The maximum atomic E-state index is 11.5. The van der Waals surface area contributed by atoms with Crippen LogP contribution in [0, 0.1) is 6.92 Å². The van der Waals surface area contributed by atoms with Crippen molar-refractivity contribution in [3.8, 4) is 11.5 Å². The van der Waals surface area contributed by atoms with Gasteiger partial charge in [0.2, 0.25) is 5.91 Å². The van der Waals surface area contributed by atoms with E-state index in [2.05, 4.69) is 22.9 Å². The zero-order valence-electron chi connectivity index (χ0n) is 11.2. The molecule has 0 saturated heterocycles. The van der Waals surface area contributed by atoms with Crippen LogP contribution in [0.15, 0.2) is 42.7 Å². The summed E-state index contributed by atoms with van der Waals surface area (Å²) >= 11 is 4.03. The summed E-state index contributed by atoms with van der Waals surface area (Å²) in [6, 6.07) is 9.13. The number of nitrogens with zero attached hydrogens (tertiary/aromatic N) is 1. The third-order valence-corrected chi connectivity index (χ3v) is 2.90. The van der Waals surface area contributed by atoms with Gasteiger partial charge in [0.05, 0.1) is 0 Å². The van der Waals surface area contributed by atoms with E-state index in [9.17, 15) is 4.79 Å². The lowest BCUT2D eigenvalue weighted by molar-refractivity contribution is -0.115. The standard InChI is InChI=1S/C15H16N2O2S/c1-11-10-12(17-15(18)6-9-20)2-3-14(11)19-13-4-7-16-8-5-13/h2-5,7-8,10,20H,6,9H2,1H3,(H,17,18). The fraction of sp³-hybridized carbons (Fsp3) is 0.200. The van der Waals surface area contributed by atoms with Gasteiger partial charge in [-0.05, 0) is 48.6 Å². The van der Waals surface area contributed by atoms with Crippen LogP contribution in [-0.2, 0) is 4.79 Å². The second-order valence-corrected chi connectivity index (χ2v) is 4.73. The van der Waals surface area contributed by atoms with E-state index in [1.807, 2.05) is 25.1 Å². The highest BCUT2D eigenvalue weighted by atomic mass is 32.1. The molecular formula is C15H16N2O2S. The summed E-state index contributed by atoms with van der Waals surface area (Å²) in [7, 11) is 0. The smallest absolute Gasteiger partial charge is 0.225 e. The summed E-state index contributed by atoms with van der Waals surface area (Å²) in [6.45, 7) is 1.94. The summed E-state index contributed by atoms with van der Waals surface area (Å²) in [5, 5.41) is 2.82. The summed E-state index contributed by atoms with van der Waals surface area (Å²) < 4.78 is 5.75. The number of hydrogen-bond donors (Lipinski definition) is 2. The van der Waals surface area contributed by atoms with Gasteiger partial charge in [-0.3, -0.25) is 9.78 Å². The Balaban J connectivity index is 2.08. The monoisotopic (exact) mass is 288 g/mol. The van der Waals surface area contributed by atoms with E-state index in [1.54, 1.807) is 24.5 Å². The molecule has 1 amide bonds. The third-order valence-electron chi connectivity index (χ3n) is 2.68. The molecule has 0 aliphatic heterocycles. The fourth-order valence-electron chi connectivity index (χ4n) is 1.70. The van der Waals surface area contributed by atoms with E-state index < -0.39 is 0 Å². The zero-order chi connectivity index (χ0) is 14.4. The summed E-state index contributed by atoms with van der Waals surface area (Å²) in [6.07, 6.45) is 3.75. The number of anilines is 1. The largest absolute Gasteiger partial charge is 0.457 e.